The molecule has 1 nitrogen and oxygen atoms in total. The van der Waals surface area contributed by atoms with Crippen molar-refractivity contribution in [3.05, 3.63) is 35.4 Å². The average molecular weight is 231 g/mol. The highest BCUT2D eigenvalue weighted by Crippen LogP contribution is 2.37. The van der Waals surface area contributed by atoms with Crippen molar-refractivity contribution >= 4 is 0 Å². The van der Waals surface area contributed by atoms with Crippen molar-refractivity contribution in [2.45, 2.75) is 52.0 Å². The Morgan fingerprint density at radius 1 is 1.29 bits per heavy atom. The molecule has 2 rings (SSSR count). The Kier molecular flexibility index (Phi) is 3.58. The molecule has 1 aromatic carbocycles. The maximum atomic E-state index is 6.68. The second-order valence-corrected chi connectivity index (χ2v) is 6.19. The zero-order valence-corrected chi connectivity index (χ0v) is 11.4. The van der Waals surface area contributed by atoms with Gasteiger partial charge in [0.05, 0.1) is 0 Å². The summed E-state index contributed by atoms with van der Waals surface area (Å²) in [5, 5.41) is 0. The summed E-state index contributed by atoms with van der Waals surface area (Å²) in [7, 11) is 0. The lowest BCUT2D eigenvalue weighted by Crippen LogP contribution is -2.51. The molecule has 0 aliphatic heterocycles. The Bertz CT molecular complexity index is 385. The zero-order chi connectivity index (χ0) is 12.5. The molecule has 0 radical (unpaired) electrons. The summed E-state index contributed by atoms with van der Waals surface area (Å²) in [5.74, 6) is 1.42. The second-order valence-electron chi connectivity index (χ2n) is 6.19. The fourth-order valence-corrected chi connectivity index (χ4v) is 3.22. The Morgan fingerprint density at radius 2 is 2.06 bits per heavy atom. The normalized spacial score (nSPS) is 33.6. The SMILES string of the molecule is Cc1cccc(CC2(N)CC(C)CCC2C)c1. The van der Waals surface area contributed by atoms with Gasteiger partial charge in [0, 0.05) is 5.54 Å². The van der Waals surface area contributed by atoms with E-state index >= 15 is 0 Å². The van der Waals surface area contributed by atoms with Crippen molar-refractivity contribution in [3.63, 3.8) is 0 Å². The van der Waals surface area contributed by atoms with Crippen LogP contribution in [0.25, 0.3) is 0 Å². The molecule has 94 valence electrons. The fourth-order valence-electron chi connectivity index (χ4n) is 3.22. The van der Waals surface area contributed by atoms with Crippen molar-refractivity contribution in [2.24, 2.45) is 17.6 Å². The van der Waals surface area contributed by atoms with Crippen LogP contribution >= 0.6 is 0 Å². The van der Waals surface area contributed by atoms with Gasteiger partial charge in [-0.1, -0.05) is 50.1 Å². The van der Waals surface area contributed by atoms with Crippen LogP contribution in [0.3, 0.4) is 0 Å². The summed E-state index contributed by atoms with van der Waals surface area (Å²) in [6, 6.07) is 8.79. The highest BCUT2D eigenvalue weighted by Gasteiger charge is 2.36. The summed E-state index contributed by atoms with van der Waals surface area (Å²) in [4.78, 5) is 0. The Balaban J connectivity index is 2.15. The van der Waals surface area contributed by atoms with E-state index in [1.54, 1.807) is 0 Å². The van der Waals surface area contributed by atoms with Crippen LogP contribution < -0.4 is 5.73 Å². The van der Waals surface area contributed by atoms with Gasteiger partial charge in [0.25, 0.3) is 0 Å². The van der Waals surface area contributed by atoms with Gasteiger partial charge in [0.2, 0.25) is 0 Å². The van der Waals surface area contributed by atoms with Crippen molar-refractivity contribution in [3.8, 4) is 0 Å². The van der Waals surface area contributed by atoms with E-state index in [2.05, 4.69) is 45.0 Å². The van der Waals surface area contributed by atoms with Gasteiger partial charge in [-0.2, -0.15) is 0 Å². The molecule has 0 aromatic heterocycles. The van der Waals surface area contributed by atoms with E-state index < -0.39 is 0 Å². The van der Waals surface area contributed by atoms with Crippen LogP contribution in [0.1, 0.15) is 44.2 Å². The standard InChI is InChI=1S/C16H25N/c1-12-5-4-6-15(9-12)11-16(17)10-13(2)7-8-14(16)3/h4-6,9,13-14H,7-8,10-11,17H2,1-3H3. The number of hydrogen-bond donors (Lipinski definition) is 1. The molecule has 3 atom stereocenters. The van der Waals surface area contributed by atoms with E-state index in [0.717, 1.165) is 12.3 Å². The van der Waals surface area contributed by atoms with Gasteiger partial charge in [-0.15, -0.1) is 0 Å². The van der Waals surface area contributed by atoms with Crippen LogP contribution in [0.2, 0.25) is 0 Å². The predicted octanol–water partition coefficient (Wildman–Crippen LogP) is 3.69. The molecule has 1 aliphatic rings. The van der Waals surface area contributed by atoms with Crippen molar-refractivity contribution < 1.29 is 0 Å². The third-order valence-corrected chi connectivity index (χ3v) is 4.42. The van der Waals surface area contributed by atoms with Crippen LogP contribution in [0, 0.1) is 18.8 Å². The lowest BCUT2D eigenvalue weighted by molar-refractivity contribution is 0.161. The van der Waals surface area contributed by atoms with E-state index in [0.29, 0.717) is 5.92 Å². The maximum absolute atomic E-state index is 6.68. The van der Waals surface area contributed by atoms with Crippen LogP contribution in [0.5, 0.6) is 0 Å². The molecule has 1 aliphatic carbocycles. The van der Waals surface area contributed by atoms with Gasteiger partial charge in [0.15, 0.2) is 0 Å². The minimum atomic E-state index is 0.00542. The fraction of sp³-hybridized carbons (Fsp3) is 0.625. The van der Waals surface area contributed by atoms with Gasteiger partial charge in [-0.3, -0.25) is 0 Å². The molecule has 2 N–H and O–H groups in total. The van der Waals surface area contributed by atoms with E-state index in [1.165, 1.54) is 30.4 Å². The molecule has 0 heterocycles. The van der Waals surface area contributed by atoms with Crippen molar-refractivity contribution in [1.29, 1.82) is 0 Å². The molecule has 17 heavy (non-hydrogen) atoms. The monoisotopic (exact) mass is 231 g/mol. The number of nitrogens with two attached hydrogens (primary N) is 1. The molecule has 1 saturated carbocycles. The molecule has 0 amide bonds. The van der Waals surface area contributed by atoms with Crippen LogP contribution in [0.15, 0.2) is 24.3 Å². The van der Waals surface area contributed by atoms with E-state index in [9.17, 15) is 0 Å². The molecular weight excluding hydrogens is 206 g/mol. The van der Waals surface area contributed by atoms with Gasteiger partial charge >= 0.3 is 0 Å². The van der Waals surface area contributed by atoms with Gasteiger partial charge < -0.3 is 5.73 Å². The number of hydrogen-bond acceptors (Lipinski definition) is 1. The third kappa shape index (κ3) is 2.90. The summed E-state index contributed by atoms with van der Waals surface area (Å²) in [6.07, 6.45) is 4.82. The number of rotatable bonds is 2. The highest BCUT2D eigenvalue weighted by molar-refractivity contribution is 5.24. The van der Waals surface area contributed by atoms with Crippen LogP contribution in [-0.4, -0.2) is 5.54 Å². The third-order valence-electron chi connectivity index (χ3n) is 4.42. The van der Waals surface area contributed by atoms with Crippen molar-refractivity contribution in [1.82, 2.24) is 0 Å². The molecule has 1 aromatic rings. The summed E-state index contributed by atoms with van der Waals surface area (Å²) in [5.41, 5.74) is 9.41. The van der Waals surface area contributed by atoms with Gasteiger partial charge in [-0.25, -0.2) is 0 Å². The zero-order valence-electron chi connectivity index (χ0n) is 11.4. The first-order valence-electron chi connectivity index (χ1n) is 6.84. The molecule has 0 saturated heterocycles. The van der Waals surface area contributed by atoms with Gasteiger partial charge in [-0.05, 0) is 43.6 Å². The lowest BCUT2D eigenvalue weighted by atomic mass is 9.68. The smallest absolute Gasteiger partial charge is 0.0223 e. The molecular formula is C16H25N. The number of benzene rings is 1. The summed E-state index contributed by atoms with van der Waals surface area (Å²) >= 11 is 0. The topological polar surface area (TPSA) is 26.0 Å². The number of aryl methyl sites for hydroxylation is 1. The maximum Gasteiger partial charge on any atom is 0.0223 e. The largest absolute Gasteiger partial charge is 0.325 e. The lowest BCUT2D eigenvalue weighted by Gasteiger charge is -2.42. The van der Waals surface area contributed by atoms with E-state index in [1.807, 2.05) is 0 Å². The molecule has 1 heteroatoms. The Labute approximate surface area is 105 Å². The minimum Gasteiger partial charge on any atom is -0.325 e. The average Bonchev–Trinajstić information content (AvgIpc) is 2.24. The van der Waals surface area contributed by atoms with E-state index in [-0.39, 0.29) is 5.54 Å². The predicted molar refractivity (Wildman–Crippen MR) is 74.0 cm³/mol. The minimum absolute atomic E-state index is 0.00542. The molecule has 0 spiro atoms. The van der Waals surface area contributed by atoms with Gasteiger partial charge in [0.1, 0.15) is 0 Å². The quantitative estimate of drug-likeness (QED) is 0.825. The first-order chi connectivity index (χ1) is 7.99. The summed E-state index contributed by atoms with van der Waals surface area (Å²) in [6.45, 7) is 6.81. The first-order valence-corrected chi connectivity index (χ1v) is 6.84. The summed E-state index contributed by atoms with van der Waals surface area (Å²) < 4.78 is 0. The Hall–Kier alpha value is -0.820. The molecule has 1 fully saturated rings. The second kappa shape index (κ2) is 4.81. The van der Waals surface area contributed by atoms with E-state index in [4.69, 9.17) is 5.73 Å². The first kappa shape index (κ1) is 12.6. The Morgan fingerprint density at radius 3 is 2.76 bits per heavy atom. The van der Waals surface area contributed by atoms with Crippen LogP contribution in [-0.2, 0) is 6.42 Å². The molecule has 3 unspecified atom stereocenters. The highest BCUT2D eigenvalue weighted by atomic mass is 14.8. The van der Waals surface area contributed by atoms with Crippen LogP contribution in [0.4, 0.5) is 0 Å². The molecule has 0 bridgehead atoms. The van der Waals surface area contributed by atoms with Crippen molar-refractivity contribution in [2.75, 3.05) is 0 Å².